The number of alkyl halides is 3. The summed E-state index contributed by atoms with van der Waals surface area (Å²) in [6, 6.07) is 3.80. The molecule has 1 fully saturated rings. The maximum atomic E-state index is 12.7. The van der Waals surface area contributed by atoms with Gasteiger partial charge >= 0.3 is 16.4 Å². The third kappa shape index (κ3) is 9.27. The van der Waals surface area contributed by atoms with E-state index >= 15 is 0 Å². The van der Waals surface area contributed by atoms with Gasteiger partial charge in [-0.15, -0.1) is 6.58 Å². The Morgan fingerprint density at radius 1 is 1.09 bits per heavy atom. The molecular weight excluding hydrogens is 455 g/mol. The molecule has 0 atom stereocenters. The van der Waals surface area contributed by atoms with Crippen molar-refractivity contribution in [3.05, 3.63) is 42.5 Å². The third-order valence-corrected chi connectivity index (χ3v) is 7.52. The first-order chi connectivity index (χ1) is 15.5. The summed E-state index contributed by atoms with van der Waals surface area (Å²) in [5.74, 6) is 0. The monoisotopic (exact) mass is 491 g/mol. The van der Waals surface area contributed by atoms with E-state index in [2.05, 4.69) is 23.2 Å². The second-order valence-corrected chi connectivity index (χ2v) is 10.3. The first-order valence-corrected chi connectivity index (χ1v) is 12.8. The van der Waals surface area contributed by atoms with Crippen molar-refractivity contribution < 1.29 is 26.3 Å². The molecule has 1 saturated carbocycles. The Balaban J connectivity index is 1.71. The first kappa shape index (κ1) is 27.6. The van der Waals surface area contributed by atoms with Gasteiger partial charge in [0.25, 0.3) is 0 Å². The number of ether oxygens (including phenoxy) is 1. The van der Waals surface area contributed by atoms with Gasteiger partial charge in [0, 0.05) is 31.9 Å². The fourth-order valence-corrected chi connectivity index (χ4v) is 5.12. The van der Waals surface area contributed by atoms with Crippen LogP contribution in [0, 0.1) is 0 Å². The van der Waals surface area contributed by atoms with Gasteiger partial charge in [0.2, 0.25) is 0 Å². The summed E-state index contributed by atoms with van der Waals surface area (Å²) in [6.07, 6.45) is 3.74. The van der Waals surface area contributed by atoms with E-state index in [0.717, 1.165) is 69.5 Å². The van der Waals surface area contributed by atoms with E-state index in [1.807, 2.05) is 6.08 Å². The molecule has 0 heterocycles. The SMILES string of the molecule is C=CCN(C)CCCCCOC1CCC(N(C)S(=O)(=O)Nc2ccc(C(F)(F)F)cc2)CC1. The normalized spacial score (nSPS) is 19.7. The van der Waals surface area contributed by atoms with Gasteiger partial charge in [-0.25, -0.2) is 0 Å². The van der Waals surface area contributed by atoms with E-state index in [0.29, 0.717) is 19.4 Å². The van der Waals surface area contributed by atoms with Crippen molar-refractivity contribution >= 4 is 15.9 Å². The number of nitrogens with zero attached hydrogens (tertiary/aromatic N) is 2. The van der Waals surface area contributed by atoms with Gasteiger partial charge in [-0.2, -0.15) is 25.9 Å². The highest BCUT2D eigenvalue weighted by Crippen LogP contribution is 2.31. The molecule has 0 spiro atoms. The maximum absolute atomic E-state index is 12.7. The number of rotatable bonds is 13. The molecule has 1 aromatic carbocycles. The lowest BCUT2D eigenvalue weighted by atomic mass is 9.93. The Morgan fingerprint density at radius 2 is 1.73 bits per heavy atom. The Morgan fingerprint density at radius 3 is 2.30 bits per heavy atom. The predicted molar refractivity (Wildman–Crippen MR) is 125 cm³/mol. The minimum absolute atomic E-state index is 0.0996. The molecule has 0 amide bonds. The summed E-state index contributed by atoms with van der Waals surface area (Å²) in [6.45, 7) is 6.38. The van der Waals surface area contributed by atoms with Crippen molar-refractivity contribution in [2.75, 3.05) is 38.5 Å². The zero-order valence-corrected chi connectivity index (χ0v) is 20.3. The second-order valence-electron chi connectivity index (χ2n) is 8.61. The van der Waals surface area contributed by atoms with Crippen molar-refractivity contribution in [1.29, 1.82) is 0 Å². The lowest BCUT2D eigenvalue weighted by Crippen LogP contribution is -2.43. The molecule has 188 valence electrons. The molecule has 1 N–H and O–H groups in total. The van der Waals surface area contributed by atoms with E-state index in [1.165, 1.54) is 11.4 Å². The smallest absolute Gasteiger partial charge is 0.378 e. The Bertz CT molecular complexity index is 824. The van der Waals surface area contributed by atoms with Gasteiger partial charge in [0.05, 0.1) is 11.7 Å². The number of benzene rings is 1. The van der Waals surface area contributed by atoms with Crippen LogP contribution in [0.4, 0.5) is 18.9 Å². The topological polar surface area (TPSA) is 61.9 Å². The van der Waals surface area contributed by atoms with Gasteiger partial charge < -0.3 is 9.64 Å². The lowest BCUT2D eigenvalue weighted by Gasteiger charge is -2.34. The van der Waals surface area contributed by atoms with Gasteiger partial charge in [-0.1, -0.05) is 6.08 Å². The minimum atomic E-state index is -4.46. The van der Waals surface area contributed by atoms with E-state index in [4.69, 9.17) is 4.74 Å². The predicted octanol–water partition coefficient (Wildman–Crippen LogP) is 4.91. The molecule has 1 aliphatic carbocycles. The fourth-order valence-electron chi connectivity index (χ4n) is 3.94. The Hall–Kier alpha value is -1.62. The number of anilines is 1. The summed E-state index contributed by atoms with van der Waals surface area (Å²) in [5, 5.41) is 0. The minimum Gasteiger partial charge on any atom is -0.378 e. The first-order valence-electron chi connectivity index (χ1n) is 11.4. The van der Waals surface area contributed by atoms with Crippen LogP contribution < -0.4 is 4.72 Å². The number of hydrogen-bond donors (Lipinski definition) is 1. The fraction of sp³-hybridized carbons (Fsp3) is 0.652. The summed E-state index contributed by atoms with van der Waals surface area (Å²) < 4.78 is 73.0. The quantitative estimate of drug-likeness (QED) is 0.315. The number of hydrogen-bond acceptors (Lipinski definition) is 4. The van der Waals surface area contributed by atoms with E-state index < -0.39 is 21.9 Å². The average Bonchev–Trinajstić information content (AvgIpc) is 2.75. The van der Waals surface area contributed by atoms with Gasteiger partial charge in [0.15, 0.2) is 0 Å². The lowest BCUT2D eigenvalue weighted by molar-refractivity contribution is -0.137. The molecule has 0 aliphatic heterocycles. The highest BCUT2D eigenvalue weighted by molar-refractivity contribution is 7.90. The van der Waals surface area contributed by atoms with Gasteiger partial charge in [0.1, 0.15) is 0 Å². The molecule has 0 aromatic heterocycles. The number of halogens is 3. The van der Waals surface area contributed by atoms with Crippen molar-refractivity contribution in [2.24, 2.45) is 0 Å². The van der Waals surface area contributed by atoms with E-state index in [1.54, 1.807) is 0 Å². The second kappa shape index (κ2) is 12.7. The number of nitrogens with one attached hydrogen (secondary N) is 1. The number of unbranched alkanes of at least 4 members (excludes halogenated alkanes) is 2. The summed E-state index contributed by atoms with van der Waals surface area (Å²) in [7, 11) is -0.288. The molecule has 1 aromatic rings. The highest BCUT2D eigenvalue weighted by atomic mass is 32.2. The van der Waals surface area contributed by atoms with Crippen LogP contribution in [-0.4, -0.2) is 63.6 Å². The van der Waals surface area contributed by atoms with Crippen LogP contribution in [0.5, 0.6) is 0 Å². The molecule has 0 saturated heterocycles. The molecule has 0 bridgehead atoms. The van der Waals surface area contributed by atoms with Crippen molar-refractivity contribution in [3.63, 3.8) is 0 Å². The van der Waals surface area contributed by atoms with Crippen LogP contribution in [0.1, 0.15) is 50.5 Å². The van der Waals surface area contributed by atoms with Crippen LogP contribution in [-0.2, 0) is 21.1 Å². The molecule has 2 rings (SSSR count). The molecule has 1 aliphatic rings. The molecule has 33 heavy (non-hydrogen) atoms. The highest BCUT2D eigenvalue weighted by Gasteiger charge is 2.32. The van der Waals surface area contributed by atoms with Gasteiger partial charge in [-0.05, 0) is 82.8 Å². The van der Waals surface area contributed by atoms with E-state index in [-0.39, 0.29) is 17.8 Å². The number of likely N-dealkylation sites (N-methyl/N-ethyl adjacent to an activating group) is 1. The third-order valence-electron chi connectivity index (χ3n) is 5.97. The zero-order valence-electron chi connectivity index (χ0n) is 19.5. The standard InChI is InChI=1S/C23H36F3N3O3S/c1-4-16-28(2)17-6-5-7-18-32-22-14-12-21(13-15-22)29(3)33(30,31)27-20-10-8-19(9-11-20)23(24,25)26/h4,8-11,21-22,27H,1,5-7,12-18H2,2-3H3. The molecule has 6 nitrogen and oxygen atoms in total. The van der Waals surface area contributed by atoms with Crippen LogP contribution in [0.3, 0.4) is 0 Å². The van der Waals surface area contributed by atoms with Gasteiger partial charge in [-0.3, -0.25) is 4.72 Å². The Kier molecular flexibility index (Phi) is 10.7. The summed E-state index contributed by atoms with van der Waals surface area (Å²) in [5.41, 5.74) is -0.722. The summed E-state index contributed by atoms with van der Waals surface area (Å²) >= 11 is 0. The van der Waals surface area contributed by atoms with Crippen LogP contribution in [0.2, 0.25) is 0 Å². The van der Waals surface area contributed by atoms with E-state index in [9.17, 15) is 21.6 Å². The summed E-state index contributed by atoms with van der Waals surface area (Å²) in [4.78, 5) is 2.23. The molecule has 0 radical (unpaired) electrons. The van der Waals surface area contributed by atoms with Crippen LogP contribution >= 0.6 is 0 Å². The van der Waals surface area contributed by atoms with Crippen molar-refractivity contribution in [2.45, 2.75) is 63.3 Å². The van der Waals surface area contributed by atoms with Crippen LogP contribution in [0.15, 0.2) is 36.9 Å². The van der Waals surface area contributed by atoms with Crippen molar-refractivity contribution in [3.8, 4) is 0 Å². The van der Waals surface area contributed by atoms with Crippen molar-refractivity contribution in [1.82, 2.24) is 9.21 Å². The zero-order chi connectivity index (χ0) is 24.5. The largest absolute Gasteiger partial charge is 0.416 e. The molecule has 0 unspecified atom stereocenters. The Labute approximate surface area is 196 Å². The molecular formula is C23H36F3N3O3S. The molecule has 10 heteroatoms. The van der Waals surface area contributed by atoms with Crippen LogP contribution in [0.25, 0.3) is 0 Å². The maximum Gasteiger partial charge on any atom is 0.416 e. The average molecular weight is 492 g/mol.